The molecule has 1 heterocycles. The van der Waals surface area contributed by atoms with Gasteiger partial charge in [-0.1, -0.05) is 11.6 Å². The average Bonchev–Trinajstić information content (AvgIpc) is 2.48. The molecule has 108 valence electrons. The highest BCUT2D eigenvalue weighted by atomic mass is 35.5. The van der Waals surface area contributed by atoms with E-state index < -0.39 is 10.0 Å². The second-order valence-electron chi connectivity index (χ2n) is 4.26. The van der Waals surface area contributed by atoms with Gasteiger partial charge in [0.25, 0.3) is 0 Å². The number of nitrogens with zero attached hydrogens (tertiary/aromatic N) is 2. The highest BCUT2D eigenvalue weighted by molar-refractivity contribution is 7.89. The number of sulfonamides is 1. The maximum Gasteiger partial charge on any atom is 0.242 e. The van der Waals surface area contributed by atoms with Crippen molar-refractivity contribution < 1.29 is 8.42 Å². The Balaban J connectivity index is 2.10. The molecule has 0 amide bonds. The summed E-state index contributed by atoms with van der Waals surface area (Å²) in [5.74, 6) is 0. The normalized spacial score (nSPS) is 11.0. The first-order valence-corrected chi connectivity index (χ1v) is 7.97. The third-order valence-corrected chi connectivity index (χ3v) is 4.75. The molecule has 0 spiro atoms. The monoisotopic (exact) mass is 321 g/mol. The van der Waals surface area contributed by atoms with Crippen molar-refractivity contribution in [3.05, 3.63) is 58.9 Å². The highest BCUT2D eigenvalue weighted by Crippen LogP contribution is 2.22. The molecule has 0 saturated heterocycles. The number of pyridine rings is 1. The van der Waals surface area contributed by atoms with Gasteiger partial charge in [-0.25, -0.2) is 13.1 Å². The lowest BCUT2D eigenvalue weighted by molar-refractivity contribution is 0.581. The molecule has 2 aromatic rings. The molecule has 2 rings (SSSR count). The van der Waals surface area contributed by atoms with Gasteiger partial charge in [0, 0.05) is 18.9 Å². The van der Waals surface area contributed by atoms with Crippen LogP contribution in [0.25, 0.3) is 0 Å². The Labute approximate surface area is 128 Å². The molecule has 0 bridgehead atoms. The van der Waals surface area contributed by atoms with E-state index in [-0.39, 0.29) is 22.0 Å². The minimum atomic E-state index is -3.74. The second kappa shape index (κ2) is 6.68. The standard InChI is InChI=1S/C14H12ClN3O2S/c15-13-2-1-12(10-16)9-14(13)21(19,20)18-8-5-11-3-6-17-7-4-11/h1-4,6-7,9,18H,5,8H2. The predicted molar refractivity (Wildman–Crippen MR) is 79.3 cm³/mol. The number of benzene rings is 1. The Morgan fingerprint density at radius 3 is 2.62 bits per heavy atom. The number of aromatic nitrogens is 1. The van der Waals surface area contributed by atoms with Crippen LogP contribution in [0.2, 0.25) is 5.02 Å². The van der Waals surface area contributed by atoms with Crippen LogP contribution >= 0.6 is 11.6 Å². The highest BCUT2D eigenvalue weighted by Gasteiger charge is 2.18. The first kappa shape index (κ1) is 15.4. The molecule has 1 N–H and O–H groups in total. The fraction of sp³-hybridized carbons (Fsp3) is 0.143. The van der Waals surface area contributed by atoms with Crippen LogP contribution in [0, 0.1) is 11.3 Å². The summed E-state index contributed by atoms with van der Waals surface area (Å²) in [5.41, 5.74) is 1.22. The summed E-state index contributed by atoms with van der Waals surface area (Å²) in [7, 11) is -3.74. The smallest absolute Gasteiger partial charge is 0.242 e. The van der Waals surface area contributed by atoms with Gasteiger partial charge in [-0.15, -0.1) is 0 Å². The second-order valence-corrected chi connectivity index (χ2v) is 6.40. The summed E-state index contributed by atoms with van der Waals surface area (Å²) < 4.78 is 26.9. The lowest BCUT2D eigenvalue weighted by Crippen LogP contribution is -2.26. The number of nitrogens with one attached hydrogen (secondary N) is 1. The Hall–Kier alpha value is -1.94. The van der Waals surface area contributed by atoms with Crippen LogP contribution in [0.3, 0.4) is 0 Å². The van der Waals surface area contributed by atoms with Crippen molar-refractivity contribution in [1.82, 2.24) is 9.71 Å². The molecule has 0 radical (unpaired) electrons. The molecule has 0 aliphatic rings. The lowest BCUT2D eigenvalue weighted by atomic mass is 10.2. The predicted octanol–water partition coefficient (Wildman–Crippen LogP) is 2.13. The van der Waals surface area contributed by atoms with Crippen LogP contribution in [0.5, 0.6) is 0 Å². The van der Waals surface area contributed by atoms with Crippen LogP contribution in [-0.4, -0.2) is 19.9 Å². The van der Waals surface area contributed by atoms with Gasteiger partial charge in [-0.05, 0) is 42.3 Å². The molecule has 21 heavy (non-hydrogen) atoms. The van der Waals surface area contributed by atoms with Crippen LogP contribution < -0.4 is 4.72 Å². The van der Waals surface area contributed by atoms with Gasteiger partial charge in [-0.2, -0.15) is 5.26 Å². The first-order valence-electron chi connectivity index (χ1n) is 6.11. The molecule has 0 aliphatic heterocycles. The van der Waals surface area contributed by atoms with E-state index in [2.05, 4.69) is 9.71 Å². The zero-order chi connectivity index (χ0) is 15.3. The summed E-state index contributed by atoms with van der Waals surface area (Å²) in [6.07, 6.45) is 3.84. The fourth-order valence-electron chi connectivity index (χ4n) is 1.74. The molecule has 0 aliphatic carbocycles. The molecule has 0 saturated carbocycles. The Kier molecular flexibility index (Phi) is 4.91. The Bertz CT molecular complexity index is 771. The molecule has 1 aromatic heterocycles. The molecular weight excluding hydrogens is 310 g/mol. The largest absolute Gasteiger partial charge is 0.265 e. The van der Waals surface area contributed by atoms with E-state index in [0.29, 0.717) is 6.42 Å². The van der Waals surface area contributed by atoms with Crippen molar-refractivity contribution in [1.29, 1.82) is 5.26 Å². The number of rotatable bonds is 5. The van der Waals surface area contributed by atoms with Gasteiger partial charge in [0.1, 0.15) is 4.90 Å². The van der Waals surface area contributed by atoms with Crippen molar-refractivity contribution >= 4 is 21.6 Å². The van der Waals surface area contributed by atoms with Crippen LogP contribution in [0.4, 0.5) is 0 Å². The zero-order valence-corrected chi connectivity index (χ0v) is 12.5. The molecule has 1 aromatic carbocycles. The van der Waals surface area contributed by atoms with Crippen molar-refractivity contribution in [3.63, 3.8) is 0 Å². The third-order valence-electron chi connectivity index (χ3n) is 2.80. The average molecular weight is 322 g/mol. The summed E-state index contributed by atoms with van der Waals surface area (Å²) in [5, 5.41) is 8.92. The molecular formula is C14H12ClN3O2S. The first-order chi connectivity index (χ1) is 10.0. The van der Waals surface area contributed by atoms with Crippen molar-refractivity contribution in [3.8, 4) is 6.07 Å². The maximum absolute atomic E-state index is 12.2. The van der Waals surface area contributed by atoms with Gasteiger partial charge >= 0.3 is 0 Å². The SMILES string of the molecule is N#Cc1ccc(Cl)c(S(=O)(=O)NCCc2ccncc2)c1. The van der Waals surface area contributed by atoms with Crippen LogP contribution in [-0.2, 0) is 16.4 Å². The van der Waals surface area contributed by atoms with Crippen LogP contribution in [0.1, 0.15) is 11.1 Å². The summed E-state index contributed by atoms with van der Waals surface area (Å²) >= 11 is 5.90. The van der Waals surface area contributed by atoms with Crippen LogP contribution in [0.15, 0.2) is 47.6 Å². The lowest BCUT2D eigenvalue weighted by Gasteiger charge is -2.08. The molecule has 7 heteroatoms. The van der Waals surface area contributed by atoms with Gasteiger partial charge in [0.2, 0.25) is 10.0 Å². The summed E-state index contributed by atoms with van der Waals surface area (Å²) in [6, 6.07) is 9.66. The van der Waals surface area contributed by atoms with Gasteiger partial charge in [-0.3, -0.25) is 4.98 Å². The Morgan fingerprint density at radius 2 is 1.95 bits per heavy atom. The number of nitriles is 1. The van der Waals surface area contributed by atoms with E-state index >= 15 is 0 Å². The Morgan fingerprint density at radius 1 is 1.24 bits per heavy atom. The minimum absolute atomic E-state index is 0.0852. The van der Waals surface area contributed by atoms with Crippen molar-refractivity contribution in [2.45, 2.75) is 11.3 Å². The zero-order valence-electron chi connectivity index (χ0n) is 11.0. The van der Waals surface area contributed by atoms with E-state index in [9.17, 15) is 8.42 Å². The molecule has 0 atom stereocenters. The van der Waals surface area contributed by atoms with E-state index in [1.807, 2.05) is 18.2 Å². The van der Waals surface area contributed by atoms with E-state index in [4.69, 9.17) is 16.9 Å². The van der Waals surface area contributed by atoms with Gasteiger partial charge in [0.05, 0.1) is 16.7 Å². The molecule has 5 nitrogen and oxygen atoms in total. The summed E-state index contributed by atoms with van der Waals surface area (Å²) in [4.78, 5) is 3.81. The van der Waals surface area contributed by atoms with Crippen molar-refractivity contribution in [2.24, 2.45) is 0 Å². The maximum atomic E-state index is 12.2. The molecule has 0 fully saturated rings. The number of hydrogen-bond acceptors (Lipinski definition) is 4. The number of hydrogen-bond donors (Lipinski definition) is 1. The van der Waals surface area contributed by atoms with E-state index in [0.717, 1.165) is 5.56 Å². The molecule has 0 unspecified atom stereocenters. The van der Waals surface area contributed by atoms with E-state index in [1.54, 1.807) is 12.4 Å². The third kappa shape index (κ3) is 4.02. The van der Waals surface area contributed by atoms with Gasteiger partial charge < -0.3 is 0 Å². The minimum Gasteiger partial charge on any atom is -0.265 e. The fourth-order valence-corrected chi connectivity index (χ4v) is 3.29. The number of halogens is 1. The van der Waals surface area contributed by atoms with Gasteiger partial charge in [0.15, 0.2) is 0 Å². The van der Waals surface area contributed by atoms with E-state index in [1.165, 1.54) is 18.2 Å². The van der Waals surface area contributed by atoms with Crippen molar-refractivity contribution in [2.75, 3.05) is 6.54 Å². The quantitative estimate of drug-likeness (QED) is 0.914. The topological polar surface area (TPSA) is 82.8 Å². The summed E-state index contributed by atoms with van der Waals surface area (Å²) in [6.45, 7) is 0.236.